The van der Waals surface area contributed by atoms with Gasteiger partial charge in [0.15, 0.2) is 6.10 Å². The zero-order valence-corrected chi connectivity index (χ0v) is 10.7. The van der Waals surface area contributed by atoms with Crippen LogP contribution in [0.25, 0.3) is 5.53 Å². The normalized spacial score (nSPS) is 11.5. The van der Waals surface area contributed by atoms with Gasteiger partial charge in [-0.25, -0.2) is 4.79 Å². The first-order chi connectivity index (χ1) is 8.11. The maximum absolute atomic E-state index is 11.4. The van der Waals surface area contributed by atoms with Crippen molar-refractivity contribution < 1.29 is 19.4 Å². The number of halogens is 1. The molecular formula is C11H11BrN2O3. The van der Waals surface area contributed by atoms with E-state index in [2.05, 4.69) is 25.5 Å². The lowest BCUT2D eigenvalue weighted by atomic mass is 10.1. The van der Waals surface area contributed by atoms with Gasteiger partial charge >= 0.3 is 11.7 Å². The Hall–Kier alpha value is -1.49. The molecule has 1 rings (SSSR count). The summed E-state index contributed by atoms with van der Waals surface area (Å²) >= 11 is 3.23. The van der Waals surface area contributed by atoms with Crippen LogP contribution >= 0.6 is 15.9 Å². The fourth-order valence-corrected chi connectivity index (χ4v) is 1.76. The molecule has 90 valence electrons. The average Bonchev–Trinajstić information content (AvgIpc) is 2.30. The summed E-state index contributed by atoms with van der Waals surface area (Å²) in [6, 6.07) is 6.78. The summed E-state index contributed by atoms with van der Waals surface area (Å²) in [6.45, 7) is 1.76. The van der Waals surface area contributed by atoms with Gasteiger partial charge in [0.1, 0.15) is 0 Å². The molecule has 6 heteroatoms. The van der Waals surface area contributed by atoms with Crippen LogP contribution in [0.5, 0.6) is 0 Å². The predicted molar refractivity (Wildman–Crippen MR) is 64.4 cm³/mol. The van der Waals surface area contributed by atoms with E-state index in [9.17, 15) is 9.90 Å². The fraction of sp³-hybridized carbons (Fsp3) is 0.273. The molecule has 5 nitrogen and oxygen atoms in total. The minimum absolute atomic E-state index is 0.139. The van der Waals surface area contributed by atoms with Crippen LogP contribution < -0.4 is 0 Å². The van der Waals surface area contributed by atoms with E-state index in [0.717, 1.165) is 0 Å². The number of benzene rings is 1. The van der Waals surface area contributed by atoms with E-state index in [4.69, 9.17) is 5.53 Å². The molecule has 0 amide bonds. The van der Waals surface area contributed by atoms with Gasteiger partial charge in [0, 0.05) is 10.0 Å². The minimum Gasteiger partial charge on any atom is -0.457 e. The second-order valence-corrected chi connectivity index (χ2v) is 3.98. The number of ether oxygens (including phenoxy) is 1. The number of aliphatic hydroxyl groups is 1. The van der Waals surface area contributed by atoms with E-state index in [0.29, 0.717) is 10.0 Å². The standard InChI is InChI=1S/C11H11BrN2O3/c1-2-17-11(16)9(14-13)10(15)7-5-3-4-6-8(7)12/h3-6,10,15H,2H2,1H3. The summed E-state index contributed by atoms with van der Waals surface area (Å²) in [6.07, 6.45) is -1.34. The van der Waals surface area contributed by atoms with Gasteiger partial charge in [0.2, 0.25) is 0 Å². The number of carbonyl (C=O) groups is 1. The molecule has 0 fully saturated rings. The molecular weight excluding hydrogens is 288 g/mol. The van der Waals surface area contributed by atoms with Crippen molar-refractivity contribution in [3.05, 3.63) is 39.8 Å². The fourth-order valence-electron chi connectivity index (χ4n) is 1.26. The highest BCUT2D eigenvalue weighted by Gasteiger charge is 2.33. The smallest absolute Gasteiger partial charge is 0.420 e. The molecule has 0 saturated carbocycles. The molecule has 0 heterocycles. The first-order valence-corrected chi connectivity index (χ1v) is 5.72. The van der Waals surface area contributed by atoms with Crippen LogP contribution in [-0.4, -0.2) is 28.2 Å². The zero-order chi connectivity index (χ0) is 12.8. The van der Waals surface area contributed by atoms with Crippen molar-refractivity contribution in [2.45, 2.75) is 13.0 Å². The highest BCUT2D eigenvalue weighted by atomic mass is 79.9. The number of aliphatic hydroxyl groups excluding tert-OH is 1. The SMILES string of the molecule is CCOC(=O)C(=[N+]=[N-])C(O)c1ccccc1Br. The van der Waals surface area contributed by atoms with Gasteiger partial charge in [-0.05, 0) is 13.0 Å². The lowest BCUT2D eigenvalue weighted by molar-refractivity contribution is -0.141. The molecule has 1 N–H and O–H groups in total. The van der Waals surface area contributed by atoms with Gasteiger partial charge in [0.25, 0.3) is 0 Å². The molecule has 0 spiro atoms. The van der Waals surface area contributed by atoms with E-state index < -0.39 is 17.8 Å². The first-order valence-electron chi connectivity index (χ1n) is 4.93. The van der Waals surface area contributed by atoms with E-state index in [1.54, 1.807) is 31.2 Å². The van der Waals surface area contributed by atoms with Crippen LogP contribution in [0.4, 0.5) is 0 Å². The van der Waals surface area contributed by atoms with Crippen molar-refractivity contribution in [1.29, 1.82) is 0 Å². The van der Waals surface area contributed by atoms with Crippen LogP contribution in [0.2, 0.25) is 0 Å². The Morgan fingerprint density at radius 3 is 2.76 bits per heavy atom. The molecule has 0 aliphatic heterocycles. The lowest BCUT2D eigenvalue weighted by Crippen LogP contribution is -2.26. The molecule has 0 aromatic heterocycles. The van der Waals surface area contributed by atoms with Gasteiger partial charge in [-0.1, -0.05) is 34.1 Å². The van der Waals surface area contributed by atoms with Gasteiger partial charge in [0.05, 0.1) is 6.61 Å². The van der Waals surface area contributed by atoms with Crippen molar-refractivity contribution in [1.82, 2.24) is 0 Å². The van der Waals surface area contributed by atoms with Gasteiger partial charge in [-0.3, -0.25) is 0 Å². The van der Waals surface area contributed by atoms with E-state index in [-0.39, 0.29) is 6.61 Å². The Balaban J connectivity index is 3.03. The third kappa shape index (κ3) is 3.23. The number of carbonyl (C=O) groups excluding carboxylic acids is 1. The molecule has 1 aromatic carbocycles. The molecule has 0 saturated heterocycles. The van der Waals surface area contributed by atoms with Crippen molar-refractivity contribution in [3.63, 3.8) is 0 Å². The van der Waals surface area contributed by atoms with E-state index in [1.165, 1.54) is 0 Å². The second-order valence-electron chi connectivity index (χ2n) is 3.13. The highest BCUT2D eigenvalue weighted by molar-refractivity contribution is 9.10. The zero-order valence-electron chi connectivity index (χ0n) is 9.13. The Kier molecular flexibility index (Phi) is 5.03. The van der Waals surface area contributed by atoms with E-state index >= 15 is 0 Å². The number of hydrogen-bond donors (Lipinski definition) is 1. The molecule has 0 bridgehead atoms. The summed E-state index contributed by atoms with van der Waals surface area (Å²) in [4.78, 5) is 14.2. The summed E-state index contributed by atoms with van der Waals surface area (Å²) < 4.78 is 5.28. The maximum Gasteiger partial charge on any atom is 0.420 e. The molecule has 17 heavy (non-hydrogen) atoms. The van der Waals surface area contributed by atoms with Crippen LogP contribution in [0, 0.1) is 0 Å². The Morgan fingerprint density at radius 2 is 2.24 bits per heavy atom. The third-order valence-corrected chi connectivity index (χ3v) is 2.77. The third-order valence-electron chi connectivity index (χ3n) is 2.05. The summed E-state index contributed by atoms with van der Waals surface area (Å²) in [7, 11) is 0. The highest BCUT2D eigenvalue weighted by Crippen LogP contribution is 2.23. The molecule has 1 atom stereocenters. The first kappa shape index (κ1) is 13.6. The Labute approximate surface area is 107 Å². The monoisotopic (exact) mass is 298 g/mol. The van der Waals surface area contributed by atoms with Crippen molar-refractivity contribution in [2.24, 2.45) is 0 Å². The minimum atomic E-state index is -1.34. The largest absolute Gasteiger partial charge is 0.457 e. The number of hydrogen-bond acceptors (Lipinski definition) is 3. The van der Waals surface area contributed by atoms with Crippen LogP contribution in [0.15, 0.2) is 28.7 Å². The van der Waals surface area contributed by atoms with Crippen LogP contribution in [-0.2, 0) is 9.53 Å². The Bertz CT molecular complexity index is 470. The van der Waals surface area contributed by atoms with Gasteiger partial charge in [-0.15, -0.1) is 0 Å². The summed E-state index contributed by atoms with van der Waals surface area (Å²) in [5.74, 6) is -0.849. The quantitative estimate of drug-likeness (QED) is 0.397. The lowest BCUT2D eigenvalue weighted by Gasteiger charge is -2.07. The number of rotatable bonds is 4. The van der Waals surface area contributed by atoms with E-state index in [1.807, 2.05) is 0 Å². The average molecular weight is 299 g/mol. The second kappa shape index (κ2) is 6.30. The van der Waals surface area contributed by atoms with Gasteiger partial charge in [-0.2, -0.15) is 4.79 Å². The number of nitrogens with zero attached hydrogens (tertiary/aromatic N) is 2. The Morgan fingerprint density at radius 1 is 1.59 bits per heavy atom. The van der Waals surface area contributed by atoms with Crippen molar-refractivity contribution in [3.8, 4) is 0 Å². The van der Waals surface area contributed by atoms with Crippen LogP contribution in [0.1, 0.15) is 18.6 Å². The summed E-state index contributed by atoms with van der Waals surface area (Å²) in [5, 5.41) is 9.94. The van der Waals surface area contributed by atoms with Crippen molar-refractivity contribution in [2.75, 3.05) is 6.61 Å². The predicted octanol–water partition coefficient (Wildman–Crippen LogP) is 1.72. The molecule has 0 aliphatic carbocycles. The molecule has 0 aliphatic rings. The van der Waals surface area contributed by atoms with Crippen molar-refractivity contribution >= 4 is 27.6 Å². The molecule has 0 radical (unpaired) electrons. The molecule has 1 aromatic rings. The van der Waals surface area contributed by atoms with Gasteiger partial charge < -0.3 is 15.4 Å². The molecule has 1 unspecified atom stereocenters. The topological polar surface area (TPSA) is 82.9 Å². The summed E-state index contributed by atoms with van der Waals surface area (Å²) in [5.41, 5.74) is 8.74. The number of esters is 1. The maximum atomic E-state index is 11.4. The van der Waals surface area contributed by atoms with Crippen LogP contribution in [0.3, 0.4) is 0 Å².